The molecule has 3 aromatic carbocycles. The third-order valence-corrected chi connectivity index (χ3v) is 5.90. The lowest BCUT2D eigenvalue weighted by Gasteiger charge is -2.12. The Morgan fingerprint density at radius 2 is 1.34 bits per heavy atom. The molecule has 9 heteroatoms. The molecule has 3 aromatic rings. The molecular formula is C23H21F2NO5S. The van der Waals surface area contributed by atoms with E-state index in [-0.39, 0.29) is 10.6 Å². The van der Waals surface area contributed by atoms with Crippen molar-refractivity contribution in [3.63, 3.8) is 0 Å². The van der Waals surface area contributed by atoms with Gasteiger partial charge in [0.2, 0.25) is 5.75 Å². The first-order chi connectivity index (χ1) is 15.3. The van der Waals surface area contributed by atoms with E-state index in [1.807, 2.05) is 12.2 Å². The Labute approximate surface area is 185 Å². The molecule has 1 N–H and O–H groups in total. The molecule has 0 fully saturated rings. The Morgan fingerprint density at radius 1 is 0.750 bits per heavy atom. The number of anilines is 1. The van der Waals surface area contributed by atoms with Gasteiger partial charge in [0.15, 0.2) is 23.1 Å². The first-order valence-corrected chi connectivity index (χ1v) is 10.8. The molecule has 0 aromatic heterocycles. The molecular weight excluding hydrogens is 440 g/mol. The average molecular weight is 461 g/mol. The van der Waals surface area contributed by atoms with Gasteiger partial charge in [0.25, 0.3) is 10.0 Å². The Kier molecular flexibility index (Phi) is 6.99. The number of halogens is 2. The minimum absolute atomic E-state index is 0.277. The number of sulfonamides is 1. The van der Waals surface area contributed by atoms with Crippen LogP contribution in [0.15, 0.2) is 59.5 Å². The summed E-state index contributed by atoms with van der Waals surface area (Å²) in [5, 5.41) is 0. The zero-order chi connectivity index (χ0) is 23.3. The van der Waals surface area contributed by atoms with Crippen LogP contribution in [0.4, 0.5) is 14.5 Å². The lowest BCUT2D eigenvalue weighted by Crippen LogP contribution is -2.13. The molecule has 0 aliphatic rings. The molecule has 0 unspecified atom stereocenters. The van der Waals surface area contributed by atoms with Gasteiger partial charge in [0, 0.05) is 5.69 Å². The molecule has 0 bridgehead atoms. The van der Waals surface area contributed by atoms with Crippen LogP contribution in [-0.4, -0.2) is 29.7 Å². The van der Waals surface area contributed by atoms with E-state index in [4.69, 9.17) is 14.2 Å². The first kappa shape index (κ1) is 23.1. The summed E-state index contributed by atoms with van der Waals surface area (Å²) in [4.78, 5) is -0.372. The van der Waals surface area contributed by atoms with Crippen molar-refractivity contribution in [2.75, 3.05) is 26.1 Å². The number of methoxy groups -OCH3 is 3. The molecule has 3 rings (SSSR count). The van der Waals surface area contributed by atoms with Crippen molar-refractivity contribution in [3.05, 3.63) is 77.4 Å². The van der Waals surface area contributed by atoms with E-state index in [0.717, 1.165) is 23.3 Å². The number of hydrogen-bond acceptors (Lipinski definition) is 5. The van der Waals surface area contributed by atoms with E-state index < -0.39 is 21.7 Å². The van der Waals surface area contributed by atoms with Gasteiger partial charge < -0.3 is 14.2 Å². The first-order valence-electron chi connectivity index (χ1n) is 9.33. The van der Waals surface area contributed by atoms with Crippen molar-refractivity contribution in [2.45, 2.75) is 4.90 Å². The fourth-order valence-electron chi connectivity index (χ4n) is 2.91. The Balaban J connectivity index is 1.77. The highest BCUT2D eigenvalue weighted by Crippen LogP contribution is 2.38. The van der Waals surface area contributed by atoms with Crippen molar-refractivity contribution in [3.8, 4) is 17.2 Å². The summed E-state index contributed by atoms with van der Waals surface area (Å²) in [6.45, 7) is 0. The summed E-state index contributed by atoms with van der Waals surface area (Å²) < 4.78 is 69.5. The highest BCUT2D eigenvalue weighted by Gasteiger charge is 2.16. The third kappa shape index (κ3) is 5.17. The van der Waals surface area contributed by atoms with Crippen LogP contribution in [0, 0.1) is 11.6 Å². The van der Waals surface area contributed by atoms with Gasteiger partial charge in [-0.1, -0.05) is 24.3 Å². The highest BCUT2D eigenvalue weighted by molar-refractivity contribution is 7.92. The zero-order valence-corrected chi connectivity index (χ0v) is 18.4. The van der Waals surface area contributed by atoms with Gasteiger partial charge in [0.05, 0.1) is 26.2 Å². The standard InChI is InChI=1S/C23H21F2NO5S/c1-29-21-12-16(13-22(30-2)23(21)31-3)5-4-15-6-8-17(9-7-15)26-32(27,28)18-10-11-19(24)20(25)14-18/h4-14,26H,1-3H3/b5-4-. The van der Waals surface area contributed by atoms with Gasteiger partial charge >= 0.3 is 0 Å². The average Bonchev–Trinajstić information content (AvgIpc) is 2.79. The second-order valence-corrected chi connectivity index (χ2v) is 8.28. The molecule has 0 aliphatic carbocycles. The van der Waals surface area contributed by atoms with Gasteiger partial charge in [-0.25, -0.2) is 17.2 Å². The molecule has 6 nitrogen and oxygen atoms in total. The Morgan fingerprint density at radius 3 is 1.88 bits per heavy atom. The van der Waals surface area contributed by atoms with Crippen LogP contribution in [0.25, 0.3) is 12.2 Å². The largest absolute Gasteiger partial charge is 0.493 e. The summed E-state index contributed by atoms with van der Waals surface area (Å²) in [6, 6.07) is 12.5. The molecule has 0 aliphatic heterocycles. The van der Waals surface area contributed by atoms with Crippen LogP contribution in [0.1, 0.15) is 11.1 Å². The second kappa shape index (κ2) is 9.69. The van der Waals surface area contributed by atoms with E-state index in [9.17, 15) is 17.2 Å². The minimum atomic E-state index is -4.06. The molecule has 0 spiro atoms. The summed E-state index contributed by atoms with van der Waals surface area (Å²) in [5.74, 6) is -0.820. The minimum Gasteiger partial charge on any atom is -0.493 e. The van der Waals surface area contributed by atoms with Gasteiger partial charge in [-0.05, 0) is 53.6 Å². The van der Waals surface area contributed by atoms with Crippen molar-refractivity contribution in [1.29, 1.82) is 0 Å². The van der Waals surface area contributed by atoms with E-state index in [1.54, 1.807) is 36.4 Å². The Bertz CT molecular complexity index is 1220. The zero-order valence-electron chi connectivity index (χ0n) is 17.6. The third-order valence-electron chi connectivity index (χ3n) is 4.52. The number of rotatable bonds is 8. The van der Waals surface area contributed by atoms with E-state index in [0.29, 0.717) is 23.3 Å². The quantitative estimate of drug-likeness (QED) is 0.480. The maximum absolute atomic E-state index is 13.4. The van der Waals surface area contributed by atoms with Crippen LogP contribution in [0.3, 0.4) is 0 Å². The predicted octanol–water partition coefficient (Wildman–Crippen LogP) is 4.96. The maximum atomic E-state index is 13.4. The van der Waals surface area contributed by atoms with E-state index in [1.165, 1.54) is 21.3 Å². The highest BCUT2D eigenvalue weighted by atomic mass is 32.2. The summed E-state index contributed by atoms with van der Waals surface area (Å²) >= 11 is 0. The van der Waals surface area contributed by atoms with Gasteiger partial charge in [-0.15, -0.1) is 0 Å². The van der Waals surface area contributed by atoms with Crippen molar-refractivity contribution in [2.24, 2.45) is 0 Å². The summed E-state index contributed by atoms with van der Waals surface area (Å²) in [7, 11) is 0.534. The van der Waals surface area contributed by atoms with Crippen LogP contribution in [0.2, 0.25) is 0 Å². The number of benzene rings is 3. The monoisotopic (exact) mass is 461 g/mol. The van der Waals surface area contributed by atoms with Gasteiger partial charge in [-0.3, -0.25) is 4.72 Å². The predicted molar refractivity (Wildman–Crippen MR) is 119 cm³/mol. The molecule has 0 saturated heterocycles. The molecule has 0 atom stereocenters. The summed E-state index contributed by atoms with van der Waals surface area (Å²) in [6.07, 6.45) is 3.67. The smallest absolute Gasteiger partial charge is 0.261 e. The van der Waals surface area contributed by atoms with E-state index >= 15 is 0 Å². The molecule has 168 valence electrons. The fourth-order valence-corrected chi connectivity index (χ4v) is 3.98. The van der Waals surface area contributed by atoms with Crippen molar-refractivity contribution in [1.82, 2.24) is 0 Å². The Hall–Kier alpha value is -3.59. The maximum Gasteiger partial charge on any atom is 0.261 e. The lowest BCUT2D eigenvalue weighted by atomic mass is 10.1. The van der Waals surface area contributed by atoms with E-state index in [2.05, 4.69) is 4.72 Å². The number of nitrogens with one attached hydrogen (secondary N) is 1. The van der Waals surface area contributed by atoms with Crippen molar-refractivity contribution < 1.29 is 31.4 Å². The SMILES string of the molecule is COc1cc(/C=C\c2ccc(NS(=O)(=O)c3ccc(F)c(F)c3)cc2)cc(OC)c1OC. The van der Waals surface area contributed by atoms with Gasteiger partial charge in [0.1, 0.15) is 0 Å². The van der Waals surface area contributed by atoms with Crippen molar-refractivity contribution >= 4 is 27.9 Å². The lowest BCUT2D eigenvalue weighted by molar-refractivity contribution is 0.324. The molecule has 0 saturated carbocycles. The second-order valence-electron chi connectivity index (χ2n) is 6.60. The molecule has 0 radical (unpaired) electrons. The van der Waals surface area contributed by atoms with Gasteiger partial charge in [-0.2, -0.15) is 0 Å². The van der Waals surface area contributed by atoms with Crippen LogP contribution < -0.4 is 18.9 Å². The molecule has 0 heterocycles. The van der Waals surface area contributed by atoms with Crippen LogP contribution in [-0.2, 0) is 10.0 Å². The van der Waals surface area contributed by atoms with Crippen LogP contribution in [0.5, 0.6) is 17.2 Å². The molecule has 0 amide bonds. The number of ether oxygens (including phenoxy) is 3. The molecule has 32 heavy (non-hydrogen) atoms. The number of hydrogen-bond donors (Lipinski definition) is 1. The topological polar surface area (TPSA) is 73.9 Å². The fraction of sp³-hybridized carbons (Fsp3) is 0.130. The summed E-state index contributed by atoms with van der Waals surface area (Å²) in [5.41, 5.74) is 1.89. The van der Waals surface area contributed by atoms with Crippen LogP contribution >= 0.6 is 0 Å². The normalized spacial score (nSPS) is 11.4.